The Hall–Kier alpha value is -1.83. The summed E-state index contributed by atoms with van der Waals surface area (Å²) < 4.78 is 0. The van der Waals surface area contributed by atoms with Crippen molar-refractivity contribution in [2.75, 3.05) is 6.54 Å². The second-order valence-corrected chi connectivity index (χ2v) is 5.78. The quantitative estimate of drug-likeness (QED) is 0.624. The minimum absolute atomic E-state index is 0.519. The maximum Gasteiger partial charge on any atom is 0.144 e. The molecule has 4 heteroatoms. The van der Waals surface area contributed by atoms with Gasteiger partial charge >= 0.3 is 0 Å². The average Bonchev–Trinajstić information content (AvgIpc) is 2.54. The van der Waals surface area contributed by atoms with Crippen molar-refractivity contribution in [3.63, 3.8) is 0 Å². The average molecular weight is 297 g/mol. The zero-order valence-electron chi connectivity index (χ0n) is 12.2. The van der Waals surface area contributed by atoms with E-state index < -0.39 is 0 Å². The largest absolute Gasteiger partial charge is 0.313 e. The van der Waals surface area contributed by atoms with E-state index >= 15 is 0 Å². The summed E-state index contributed by atoms with van der Waals surface area (Å²) in [6, 6.07) is 14.5. The SMILES string of the molecule is CCCNCc1cccc(SCc2cccnc2C#N)c1. The van der Waals surface area contributed by atoms with Crippen LogP contribution in [0.15, 0.2) is 47.5 Å². The first kappa shape index (κ1) is 15.6. The van der Waals surface area contributed by atoms with Crippen molar-refractivity contribution < 1.29 is 0 Å². The molecule has 3 nitrogen and oxygen atoms in total. The highest BCUT2D eigenvalue weighted by Crippen LogP contribution is 2.24. The first-order valence-corrected chi connectivity index (χ1v) is 8.08. The van der Waals surface area contributed by atoms with Gasteiger partial charge in [-0.15, -0.1) is 11.8 Å². The number of nitrogens with zero attached hydrogens (tertiary/aromatic N) is 2. The van der Waals surface area contributed by atoms with Gasteiger partial charge in [0.25, 0.3) is 0 Å². The number of hydrogen-bond donors (Lipinski definition) is 1. The van der Waals surface area contributed by atoms with E-state index in [0.717, 1.165) is 30.8 Å². The van der Waals surface area contributed by atoms with Crippen LogP contribution in [0.25, 0.3) is 0 Å². The molecule has 0 spiro atoms. The van der Waals surface area contributed by atoms with Crippen LogP contribution in [0.5, 0.6) is 0 Å². The number of hydrogen-bond acceptors (Lipinski definition) is 4. The number of aromatic nitrogens is 1. The van der Waals surface area contributed by atoms with E-state index in [1.54, 1.807) is 18.0 Å². The number of pyridine rings is 1. The van der Waals surface area contributed by atoms with Gasteiger partial charge in [0.2, 0.25) is 0 Å². The standard InChI is InChI=1S/C17H19N3S/c1-2-8-19-12-14-5-3-7-16(10-14)21-13-15-6-4-9-20-17(15)11-18/h3-7,9-10,19H,2,8,12-13H2,1H3. The molecule has 1 aromatic carbocycles. The van der Waals surface area contributed by atoms with Gasteiger partial charge in [-0.2, -0.15) is 5.26 Å². The third-order valence-electron chi connectivity index (χ3n) is 3.05. The van der Waals surface area contributed by atoms with Crippen molar-refractivity contribution in [3.05, 3.63) is 59.4 Å². The van der Waals surface area contributed by atoms with Gasteiger partial charge in [-0.25, -0.2) is 4.98 Å². The van der Waals surface area contributed by atoms with E-state index in [1.807, 2.05) is 12.1 Å². The second-order valence-electron chi connectivity index (χ2n) is 4.74. The van der Waals surface area contributed by atoms with E-state index in [2.05, 4.69) is 47.6 Å². The van der Waals surface area contributed by atoms with Crippen LogP contribution in [-0.4, -0.2) is 11.5 Å². The predicted molar refractivity (Wildman–Crippen MR) is 87.0 cm³/mol. The molecular weight excluding hydrogens is 278 g/mol. The topological polar surface area (TPSA) is 48.7 Å². The van der Waals surface area contributed by atoms with Crippen LogP contribution in [0.3, 0.4) is 0 Å². The highest BCUT2D eigenvalue weighted by Gasteiger charge is 2.03. The molecule has 108 valence electrons. The molecule has 1 N–H and O–H groups in total. The summed E-state index contributed by atoms with van der Waals surface area (Å²) in [6.07, 6.45) is 2.80. The molecule has 0 atom stereocenters. The van der Waals surface area contributed by atoms with Crippen LogP contribution >= 0.6 is 11.8 Å². The molecule has 0 saturated carbocycles. The smallest absolute Gasteiger partial charge is 0.144 e. The van der Waals surface area contributed by atoms with Gasteiger partial charge < -0.3 is 5.32 Å². The zero-order valence-corrected chi connectivity index (χ0v) is 13.0. The Labute approximate surface area is 130 Å². The van der Waals surface area contributed by atoms with Gasteiger partial charge in [0, 0.05) is 23.4 Å². The van der Waals surface area contributed by atoms with Crippen molar-refractivity contribution >= 4 is 11.8 Å². The summed E-state index contributed by atoms with van der Waals surface area (Å²) in [4.78, 5) is 5.31. The molecular formula is C17H19N3S. The van der Waals surface area contributed by atoms with Crippen LogP contribution in [0.4, 0.5) is 0 Å². The fraction of sp³-hybridized carbons (Fsp3) is 0.294. The van der Waals surface area contributed by atoms with Gasteiger partial charge in [-0.3, -0.25) is 0 Å². The number of benzene rings is 1. The molecule has 0 amide bonds. The van der Waals surface area contributed by atoms with E-state index in [0.29, 0.717) is 5.69 Å². The van der Waals surface area contributed by atoms with Gasteiger partial charge in [-0.1, -0.05) is 25.1 Å². The maximum absolute atomic E-state index is 9.05. The molecule has 0 aliphatic rings. The monoisotopic (exact) mass is 297 g/mol. The Morgan fingerprint density at radius 3 is 3.00 bits per heavy atom. The summed E-state index contributed by atoms with van der Waals surface area (Å²) in [5, 5.41) is 12.5. The molecule has 2 aromatic rings. The molecule has 1 heterocycles. The molecule has 0 fully saturated rings. The second kappa shape index (κ2) is 8.46. The fourth-order valence-electron chi connectivity index (χ4n) is 1.97. The molecule has 0 aliphatic carbocycles. The molecule has 0 unspecified atom stereocenters. The highest BCUT2D eigenvalue weighted by atomic mass is 32.2. The van der Waals surface area contributed by atoms with E-state index in [9.17, 15) is 0 Å². The molecule has 2 rings (SSSR count). The molecule has 0 bridgehead atoms. The van der Waals surface area contributed by atoms with Crippen LogP contribution < -0.4 is 5.32 Å². The van der Waals surface area contributed by atoms with Gasteiger partial charge in [0.05, 0.1) is 0 Å². The molecule has 1 aromatic heterocycles. The predicted octanol–water partition coefficient (Wildman–Crippen LogP) is 3.75. The van der Waals surface area contributed by atoms with Crippen LogP contribution in [0.1, 0.15) is 30.2 Å². The Morgan fingerprint density at radius 2 is 2.19 bits per heavy atom. The van der Waals surface area contributed by atoms with E-state index in [1.165, 1.54) is 10.5 Å². The van der Waals surface area contributed by atoms with E-state index in [4.69, 9.17) is 5.26 Å². The maximum atomic E-state index is 9.05. The number of thioether (sulfide) groups is 1. The van der Waals surface area contributed by atoms with Crippen LogP contribution in [0, 0.1) is 11.3 Å². The summed E-state index contributed by atoms with van der Waals surface area (Å²) in [7, 11) is 0. The molecule has 0 saturated heterocycles. The lowest BCUT2D eigenvalue weighted by Crippen LogP contribution is -2.13. The van der Waals surface area contributed by atoms with Crippen molar-refractivity contribution in [2.24, 2.45) is 0 Å². The Balaban J connectivity index is 1.97. The molecule has 0 aliphatic heterocycles. The first-order chi connectivity index (χ1) is 10.3. The summed E-state index contributed by atoms with van der Waals surface area (Å²) in [5.74, 6) is 0.766. The lowest BCUT2D eigenvalue weighted by Gasteiger charge is -2.07. The van der Waals surface area contributed by atoms with Gasteiger partial charge in [-0.05, 0) is 42.3 Å². The lowest BCUT2D eigenvalue weighted by molar-refractivity contribution is 0.674. The Bertz CT molecular complexity index is 619. The zero-order chi connectivity index (χ0) is 14.9. The third kappa shape index (κ3) is 4.89. The Kier molecular flexibility index (Phi) is 6.26. The normalized spacial score (nSPS) is 10.3. The van der Waals surface area contributed by atoms with Crippen molar-refractivity contribution in [1.29, 1.82) is 5.26 Å². The number of nitriles is 1. The molecule has 0 radical (unpaired) electrons. The fourth-order valence-corrected chi connectivity index (χ4v) is 2.94. The van der Waals surface area contributed by atoms with Crippen LogP contribution in [0.2, 0.25) is 0 Å². The lowest BCUT2D eigenvalue weighted by atomic mass is 10.2. The third-order valence-corrected chi connectivity index (χ3v) is 4.09. The Morgan fingerprint density at radius 1 is 1.29 bits per heavy atom. The number of nitrogens with one attached hydrogen (secondary N) is 1. The van der Waals surface area contributed by atoms with Gasteiger partial charge in [0.15, 0.2) is 0 Å². The van der Waals surface area contributed by atoms with Crippen molar-refractivity contribution in [3.8, 4) is 6.07 Å². The summed E-state index contributed by atoms with van der Waals surface area (Å²) >= 11 is 1.74. The molecule has 21 heavy (non-hydrogen) atoms. The number of rotatable bonds is 7. The van der Waals surface area contributed by atoms with Gasteiger partial charge in [0.1, 0.15) is 11.8 Å². The first-order valence-electron chi connectivity index (χ1n) is 7.10. The summed E-state index contributed by atoms with van der Waals surface area (Å²) in [6.45, 7) is 4.11. The van der Waals surface area contributed by atoms with Crippen molar-refractivity contribution in [1.82, 2.24) is 10.3 Å². The van der Waals surface area contributed by atoms with Crippen molar-refractivity contribution in [2.45, 2.75) is 30.5 Å². The minimum atomic E-state index is 0.519. The minimum Gasteiger partial charge on any atom is -0.313 e. The van der Waals surface area contributed by atoms with E-state index in [-0.39, 0.29) is 0 Å². The van der Waals surface area contributed by atoms with Crippen LogP contribution in [-0.2, 0) is 12.3 Å². The highest BCUT2D eigenvalue weighted by molar-refractivity contribution is 7.98. The summed E-state index contributed by atoms with van der Waals surface area (Å²) in [5.41, 5.74) is 2.80.